The highest BCUT2D eigenvalue weighted by molar-refractivity contribution is 5.81. The van der Waals surface area contributed by atoms with Gasteiger partial charge in [-0.1, -0.05) is 6.07 Å². The average molecular weight is 396 g/mol. The lowest BCUT2D eigenvalue weighted by atomic mass is 10.1. The van der Waals surface area contributed by atoms with Crippen LogP contribution in [0.1, 0.15) is 19.8 Å². The second-order valence-electron chi connectivity index (χ2n) is 7.56. The third-order valence-electron chi connectivity index (χ3n) is 5.73. The van der Waals surface area contributed by atoms with Crippen LogP contribution >= 0.6 is 0 Å². The van der Waals surface area contributed by atoms with Gasteiger partial charge in [-0.15, -0.1) is 0 Å². The number of piperidine rings is 1. The number of carbonyl (C=O) groups is 1. The van der Waals surface area contributed by atoms with Crippen molar-refractivity contribution in [3.05, 3.63) is 42.9 Å². The van der Waals surface area contributed by atoms with Crippen molar-refractivity contribution in [3.8, 4) is 5.88 Å². The summed E-state index contributed by atoms with van der Waals surface area (Å²) in [6.07, 6.45) is 7.24. The van der Waals surface area contributed by atoms with E-state index in [0.29, 0.717) is 19.0 Å². The molecule has 2 aliphatic heterocycles. The van der Waals surface area contributed by atoms with E-state index >= 15 is 0 Å². The van der Waals surface area contributed by atoms with Crippen LogP contribution in [-0.4, -0.2) is 82.1 Å². The lowest BCUT2D eigenvalue weighted by molar-refractivity contribution is -0.137. The molecule has 1 unspecified atom stereocenters. The maximum absolute atomic E-state index is 13.0. The highest BCUT2D eigenvalue weighted by atomic mass is 16.5. The molecular weight excluding hydrogens is 368 g/mol. The van der Waals surface area contributed by atoms with E-state index < -0.39 is 0 Å². The molecule has 0 spiro atoms. The predicted molar refractivity (Wildman–Crippen MR) is 110 cm³/mol. The molecule has 4 heterocycles. The first-order valence-corrected chi connectivity index (χ1v) is 10.3. The van der Waals surface area contributed by atoms with Gasteiger partial charge in [0.1, 0.15) is 6.10 Å². The first-order valence-electron chi connectivity index (χ1n) is 10.3. The molecule has 29 heavy (non-hydrogen) atoms. The third-order valence-corrected chi connectivity index (χ3v) is 5.73. The molecule has 2 aliphatic rings. The van der Waals surface area contributed by atoms with Crippen LogP contribution in [0.25, 0.3) is 0 Å². The molecule has 2 saturated heterocycles. The lowest BCUT2D eigenvalue weighted by Crippen LogP contribution is -2.55. The molecule has 8 nitrogen and oxygen atoms in total. The van der Waals surface area contributed by atoms with Crippen LogP contribution in [0.4, 0.5) is 5.95 Å². The van der Waals surface area contributed by atoms with Crippen molar-refractivity contribution < 1.29 is 9.53 Å². The summed E-state index contributed by atoms with van der Waals surface area (Å²) >= 11 is 0. The Bertz CT molecular complexity index is 774. The maximum Gasteiger partial charge on any atom is 0.239 e. The van der Waals surface area contributed by atoms with Crippen molar-refractivity contribution in [3.63, 3.8) is 0 Å². The van der Waals surface area contributed by atoms with Gasteiger partial charge in [0.25, 0.3) is 0 Å². The quantitative estimate of drug-likeness (QED) is 0.757. The zero-order valence-electron chi connectivity index (χ0n) is 16.9. The molecule has 0 aliphatic carbocycles. The van der Waals surface area contributed by atoms with E-state index in [-0.39, 0.29) is 18.1 Å². The van der Waals surface area contributed by atoms with Gasteiger partial charge >= 0.3 is 0 Å². The van der Waals surface area contributed by atoms with E-state index in [1.54, 1.807) is 18.6 Å². The Morgan fingerprint density at radius 2 is 1.66 bits per heavy atom. The van der Waals surface area contributed by atoms with Gasteiger partial charge in [-0.05, 0) is 31.9 Å². The number of rotatable bonds is 5. The summed E-state index contributed by atoms with van der Waals surface area (Å²) in [4.78, 5) is 32.2. The Balaban J connectivity index is 1.24. The summed E-state index contributed by atoms with van der Waals surface area (Å²) in [5, 5.41) is 0. The van der Waals surface area contributed by atoms with Gasteiger partial charge < -0.3 is 14.5 Å². The van der Waals surface area contributed by atoms with Crippen LogP contribution < -0.4 is 9.64 Å². The second-order valence-corrected chi connectivity index (χ2v) is 7.56. The Hall–Kier alpha value is -2.74. The van der Waals surface area contributed by atoms with Crippen LogP contribution in [0.15, 0.2) is 42.9 Å². The van der Waals surface area contributed by atoms with E-state index in [2.05, 4.69) is 24.8 Å². The Kier molecular flexibility index (Phi) is 6.19. The zero-order valence-corrected chi connectivity index (χ0v) is 16.9. The number of amides is 1. The van der Waals surface area contributed by atoms with Crippen LogP contribution in [0.2, 0.25) is 0 Å². The van der Waals surface area contributed by atoms with Crippen LogP contribution in [0, 0.1) is 0 Å². The lowest BCUT2D eigenvalue weighted by Gasteiger charge is -2.40. The number of hydrogen-bond donors (Lipinski definition) is 0. The molecule has 1 atom stereocenters. The van der Waals surface area contributed by atoms with Gasteiger partial charge in [-0.2, -0.15) is 0 Å². The number of likely N-dealkylation sites (tertiary alicyclic amines) is 1. The van der Waals surface area contributed by atoms with Gasteiger partial charge in [-0.25, -0.2) is 15.0 Å². The number of nitrogens with zero attached hydrogens (tertiary/aromatic N) is 6. The van der Waals surface area contributed by atoms with Crippen molar-refractivity contribution in [2.45, 2.75) is 31.9 Å². The van der Waals surface area contributed by atoms with Crippen molar-refractivity contribution in [2.75, 3.05) is 44.2 Å². The fourth-order valence-electron chi connectivity index (χ4n) is 3.97. The Labute approximate surface area is 171 Å². The summed E-state index contributed by atoms with van der Waals surface area (Å²) < 4.78 is 5.96. The van der Waals surface area contributed by atoms with Crippen LogP contribution in [0.5, 0.6) is 5.88 Å². The minimum atomic E-state index is -0.106. The summed E-state index contributed by atoms with van der Waals surface area (Å²) in [6, 6.07) is 7.41. The molecule has 0 aromatic carbocycles. The molecule has 0 N–H and O–H groups in total. The zero-order chi connectivity index (χ0) is 20.1. The van der Waals surface area contributed by atoms with Gasteiger partial charge in [0.05, 0.1) is 6.04 Å². The maximum atomic E-state index is 13.0. The third kappa shape index (κ3) is 4.82. The van der Waals surface area contributed by atoms with E-state index in [1.807, 2.05) is 36.1 Å². The molecule has 0 radical (unpaired) electrons. The minimum Gasteiger partial charge on any atom is -0.474 e. The molecular formula is C21H28N6O2. The van der Waals surface area contributed by atoms with E-state index in [0.717, 1.165) is 45.0 Å². The molecule has 2 aromatic rings. The van der Waals surface area contributed by atoms with E-state index in [4.69, 9.17) is 4.74 Å². The van der Waals surface area contributed by atoms with Gasteiger partial charge in [0, 0.05) is 63.9 Å². The fourth-order valence-corrected chi connectivity index (χ4v) is 3.97. The first kappa shape index (κ1) is 19.6. The topological polar surface area (TPSA) is 74.7 Å². The number of aromatic nitrogens is 3. The number of anilines is 1. The highest BCUT2D eigenvalue weighted by Gasteiger charge is 2.31. The highest BCUT2D eigenvalue weighted by Crippen LogP contribution is 2.20. The largest absolute Gasteiger partial charge is 0.474 e. The average Bonchev–Trinajstić information content (AvgIpc) is 2.80. The predicted octanol–water partition coefficient (Wildman–Crippen LogP) is 1.45. The SMILES string of the molecule is CC(C(=O)N1CCN(c2ncccn2)CC1)N1CCC(Oc2ccccn2)CC1. The standard InChI is InChI=1S/C21H28N6O2/c1-17(25-11-6-18(7-12-25)29-19-5-2-3-8-22-19)20(28)26-13-15-27(16-14-26)21-23-9-4-10-24-21/h2-5,8-10,17-18H,6-7,11-16H2,1H3. The smallest absolute Gasteiger partial charge is 0.239 e. The van der Waals surface area contributed by atoms with Gasteiger partial charge in [0.2, 0.25) is 17.7 Å². The van der Waals surface area contributed by atoms with Crippen molar-refractivity contribution in [2.24, 2.45) is 0 Å². The van der Waals surface area contributed by atoms with Crippen LogP contribution in [-0.2, 0) is 4.79 Å². The number of carbonyl (C=O) groups excluding carboxylic acids is 1. The molecule has 8 heteroatoms. The molecule has 0 bridgehead atoms. The van der Waals surface area contributed by atoms with Crippen molar-refractivity contribution >= 4 is 11.9 Å². The summed E-state index contributed by atoms with van der Waals surface area (Å²) in [7, 11) is 0. The minimum absolute atomic E-state index is 0.106. The Morgan fingerprint density at radius 3 is 2.31 bits per heavy atom. The number of hydrogen-bond acceptors (Lipinski definition) is 7. The summed E-state index contributed by atoms with van der Waals surface area (Å²) in [5.41, 5.74) is 0. The molecule has 154 valence electrons. The molecule has 4 rings (SSSR count). The van der Waals surface area contributed by atoms with E-state index in [9.17, 15) is 4.79 Å². The fraction of sp³-hybridized carbons (Fsp3) is 0.524. The first-order chi connectivity index (χ1) is 14.2. The summed E-state index contributed by atoms with van der Waals surface area (Å²) in [6.45, 7) is 6.70. The van der Waals surface area contributed by atoms with Gasteiger partial charge in [0.15, 0.2) is 0 Å². The van der Waals surface area contributed by atoms with Crippen LogP contribution in [0.3, 0.4) is 0 Å². The monoisotopic (exact) mass is 396 g/mol. The van der Waals surface area contributed by atoms with E-state index in [1.165, 1.54) is 0 Å². The molecule has 2 fully saturated rings. The van der Waals surface area contributed by atoms with Crippen molar-refractivity contribution in [1.82, 2.24) is 24.8 Å². The second kappa shape index (κ2) is 9.17. The molecule has 1 amide bonds. The molecule has 2 aromatic heterocycles. The Morgan fingerprint density at radius 1 is 0.966 bits per heavy atom. The van der Waals surface area contributed by atoms with Gasteiger partial charge in [-0.3, -0.25) is 9.69 Å². The normalized spacial score (nSPS) is 19.8. The number of pyridine rings is 1. The van der Waals surface area contributed by atoms with Crippen molar-refractivity contribution in [1.29, 1.82) is 0 Å². The molecule has 0 saturated carbocycles. The summed E-state index contributed by atoms with van der Waals surface area (Å²) in [5.74, 6) is 1.63. The number of ether oxygens (including phenoxy) is 1. The number of piperazine rings is 1.